The van der Waals surface area contributed by atoms with E-state index < -0.39 is 38.1 Å². The number of carbonyl (C=O) groups is 3. The second-order valence-corrected chi connectivity index (χ2v) is 13.7. The van der Waals surface area contributed by atoms with Crippen LogP contribution in [0.3, 0.4) is 0 Å². The second kappa shape index (κ2) is 6.59. The number of Topliss-reactive ketones (excluding diaryl/α,β-unsaturated/α-hetero) is 1. The van der Waals surface area contributed by atoms with Gasteiger partial charge in [0.25, 0.3) is 5.91 Å². The van der Waals surface area contributed by atoms with Crippen molar-refractivity contribution in [2.45, 2.75) is 90.8 Å². The number of hydrogen-bond acceptors (Lipinski definition) is 5. The van der Waals surface area contributed by atoms with Crippen LogP contribution in [0.4, 0.5) is 4.79 Å². The molecule has 0 aromatic rings. The zero-order chi connectivity index (χ0) is 19.1. The highest BCUT2D eigenvalue weighted by Gasteiger charge is 2.50. The molecule has 0 N–H and O–H groups in total. The number of imide groups is 1. The van der Waals surface area contributed by atoms with E-state index in [1.54, 1.807) is 20.8 Å². The number of hydrogen-bond donors (Lipinski definition) is 0. The molecule has 6 nitrogen and oxygen atoms in total. The Kier molecular flexibility index (Phi) is 5.72. The molecule has 1 aliphatic rings. The number of nitrogens with zero attached hydrogens (tertiary/aromatic N) is 1. The van der Waals surface area contributed by atoms with E-state index in [-0.39, 0.29) is 17.2 Å². The van der Waals surface area contributed by atoms with Crippen LogP contribution in [0.2, 0.25) is 18.1 Å². The van der Waals surface area contributed by atoms with Gasteiger partial charge in [-0.05, 0) is 45.8 Å². The van der Waals surface area contributed by atoms with Crippen LogP contribution >= 0.6 is 0 Å². The Bertz CT molecular complexity index is 530. The fourth-order valence-electron chi connectivity index (χ4n) is 2.22. The van der Waals surface area contributed by atoms with Gasteiger partial charge in [0, 0.05) is 6.42 Å². The number of carbonyl (C=O) groups excluding carboxylic acids is 3. The predicted octanol–water partition coefficient (Wildman–Crippen LogP) is 3.50. The van der Waals surface area contributed by atoms with Gasteiger partial charge in [-0.25, -0.2) is 9.69 Å². The Morgan fingerprint density at radius 2 is 1.62 bits per heavy atom. The van der Waals surface area contributed by atoms with E-state index in [0.717, 1.165) is 4.90 Å². The van der Waals surface area contributed by atoms with Crippen molar-refractivity contribution in [2.75, 3.05) is 0 Å². The summed E-state index contributed by atoms with van der Waals surface area (Å²) in [4.78, 5) is 38.0. The van der Waals surface area contributed by atoms with Crippen molar-refractivity contribution >= 4 is 26.1 Å². The molecule has 0 radical (unpaired) electrons. The number of rotatable bonds is 3. The summed E-state index contributed by atoms with van der Waals surface area (Å²) in [5.74, 6) is -0.718. The molecule has 2 amide bonds. The van der Waals surface area contributed by atoms with E-state index in [0.29, 0.717) is 0 Å². The van der Waals surface area contributed by atoms with Crippen LogP contribution in [0.15, 0.2) is 0 Å². The van der Waals surface area contributed by atoms with E-state index in [9.17, 15) is 14.4 Å². The molecule has 1 fully saturated rings. The third-order valence-corrected chi connectivity index (χ3v) is 9.05. The lowest BCUT2D eigenvalue weighted by atomic mass is 10.1. The van der Waals surface area contributed by atoms with Crippen molar-refractivity contribution < 1.29 is 23.5 Å². The molecule has 138 valence electrons. The van der Waals surface area contributed by atoms with Crippen molar-refractivity contribution in [2.24, 2.45) is 0 Å². The SMILES string of the molecule is CC(=O)[C@@H]1C[C@@H](O[Si](C)(C)C(C)(C)C)C(=O)N1C(=O)OC(C)(C)C. The van der Waals surface area contributed by atoms with Crippen LogP contribution in [0.25, 0.3) is 0 Å². The lowest BCUT2D eigenvalue weighted by molar-refractivity contribution is -0.136. The van der Waals surface area contributed by atoms with Crippen LogP contribution in [0.1, 0.15) is 54.9 Å². The average molecular weight is 358 g/mol. The highest BCUT2D eigenvalue weighted by Crippen LogP contribution is 2.39. The fourth-order valence-corrected chi connectivity index (χ4v) is 3.49. The minimum atomic E-state index is -2.20. The summed E-state index contributed by atoms with van der Waals surface area (Å²) < 4.78 is 11.4. The summed E-state index contributed by atoms with van der Waals surface area (Å²) >= 11 is 0. The Hall–Kier alpha value is -1.21. The Morgan fingerprint density at radius 3 is 2.00 bits per heavy atom. The summed E-state index contributed by atoms with van der Waals surface area (Å²) in [6.45, 7) is 16.8. The van der Waals surface area contributed by atoms with Crippen molar-refractivity contribution in [3.8, 4) is 0 Å². The molecule has 0 spiro atoms. The molecule has 1 aliphatic heterocycles. The van der Waals surface area contributed by atoms with Crippen molar-refractivity contribution in [3.63, 3.8) is 0 Å². The molecule has 0 bridgehead atoms. The lowest BCUT2D eigenvalue weighted by Crippen LogP contribution is -2.48. The molecule has 24 heavy (non-hydrogen) atoms. The quantitative estimate of drug-likeness (QED) is 0.723. The van der Waals surface area contributed by atoms with Gasteiger partial charge in [0.2, 0.25) is 0 Å². The summed E-state index contributed by atoms with van der Waals surface area (Å²) in [6.07, 6.45) is -1.36. The van der Waals surface area contributed by atoms with E-state index >= 15 is 0 Å². The maximum atomic E-state index is 12.7. The standard InChI is InChI=1S/C17H31NO5Si/c1-11(19)12-10-13(23-24(8,9)17(5,6)7)14(20)18(12)15(21)22-16(2,3)4/h12-13H,10H2,1-9H3/t12-,13+/m0/s1. The molecule has 0 saturated carbocycles. The highest BCUT2D eigenvalue weighted by molar-refractivity contribution is 6.74. The topological polar surface area (TPSA) is 72.9 Å². The van der Waals surface area contributed by atoms with Gasteiger partial charge >= 0.3 is 6.09 Å². The van der Waals surface area contributed by atoms with Gasteiger partial charge in [0.1, 0.15) is 17.7 Å². The van der Waals surface area contributed by atoms with E-state index in [2.05, 4.69) is 20.8 Å². The maximum Gasteiger partial charge on any atom is 0.417 e. The molecule has 0 unspecified atom stereocenters. The third kappa shape index (κ3) is 4.66. The maximum absolute atomic E-state index is 12.7. The fraction of sp³-hybridized carbons (Fsp3) is 0.824. The lowest BCUT2D eigenvalue weighted by Gasteiger charge is -2.37. The van der Waals surface area contributed by atoms with Crippen LogP contribution in [0, 0.1) is 0 Å². The molecule has 7 heteroatoms. The van der Waals surface area contributed by atoms with Gasteiger partial charge in [-0.1, -0.05) is 20.8 Å². The van der Waals surface area contributed by atoms with Crippen molar-refractivity contribution in [1.82, 2.24) is 4.90 Å². The molecular weight excluding hydrogens is 326 g/mol. The van der Waals surface area contributed by atoms with Gasteiger partial charge in [0.05, 0.1) is 0 Å². The van der Waals surface area contributed by atoms with Crippen LogP contribution in [-0.2, 0) is 18.8 Å². The summed E-state index contributed by atoms with van der Waals surface area (Å²) in [6, 6.07) is -0.817. The molecule has 1 rings (SSSR count). The smallest absolute Gasteiger partial charge is 0.417 e. The van der Waals surface area contributed by atoms with Gasteiger partial charge in [0.15, 0.2) is 14.1 Å². The van der Waals surface area contributed by atoms with Gasteiger partial charge < -0.3 is 9.16 Å². The molecule has 0 aliphatic carbocycles. The molecule has 2 atom stereocenters. The van der Waals surface area contributed by atoms with Crippen LogP contribution < -0.4 is 0 Å². The third-order valence-electron chi connectivity index (χ3n) is 4.56. The second-order valence-electron chi connectivity index (χ2n) is 8.92. The van der Waals surface area contributed by atoms with Gasteiger partial charge in [-0.2, -0.15) is 0 Å². The zero-order valence-electron chi connectivity index (χ0n) is 16.4. The van der Waals surface area contributed by atoms with Gasteiger partial charge in [-0.15, -0.1) is 0 Å². The zero-order valence-corrected chi connectivity index (χ0v) is 17.4. The first-order chi connectivity index (χ1) is 10.6. The number of ketones is 1. The average Bonchev–Trinajstić information content (AvgIpc) is 2.62. The number of amides is 2. The normalized spacial score (nSPS) is 22.7. The minimum absolute atomic E-state index is 0.0711. The summed E-state index contributed by atoms with van der Waals surface area (Å²) in [7, 11) is -2.20. The number of likely N-dealkylation sites (tertiary alicyclic amines) is 1. The first-order valence-electron chi connectivity index (χ1n) is 8.31. The van der Waals surface area contributed by atoms with Gasteiger partial charge in [-0.3, -0.25) is 9.59 Å². The Balaban J connectivity index is 3.04. The molecular formula is C17H31NO5Si. The largest absolute Gasteiger partial charge is 0.443 e. The van der Waals surface area contributed by atoms with E-state index in [1.807, 2.05) is 13.1 Å². The van der Waals surface area contributed by atoms with E-state index in [1.165, 1.54) is 6.92 Å². The van der Waals surface area contributed by atoms with Crippen LogP contribution in [-0.4, -0.2) is 48.7 Å². The predicted molar refractivity (Wildman–Crippen MR) is 94.2 cm³/mol. The summed E-state index contributed by atoms with van der Waals surface area (Å²) in [5, 5.41) is -0.0711. The Morgan fingerprint density at radius 1 is 1.12 bits per heavy atom. The number of ether oxygens (including phenoxy) is 1. The Labute approximate surface area is 146 Å². The summed E-state index contributed by atoms with van der Waals surface area (Å²) in [5.41, 5.74) is -0.739. The first-order valence-corrected chi connectivity index (χ1v) is 11.2. The highest BCUT2D eigenvalue weighted by atomic mass is 28.4. The minimum Gasteiger partial charge on any atom is -0.443 e. The first kappa shape index (κ1) is 20.8. The van der Waals surface area contributed by atoms with Crippen LogP contribution in [0.5, 0.6) is 0 Å². The monoisotopic (exact) mass is 357 g/mol. The molecule has 1 saturated heterocycles. The van der Waals surface area contributed by atoms with Crippen molar-refractivity contribution in [1.29, 1.82) is 0 Å². The molecule has 1 heterocycles. The molecule has 0 aromatic carbocycles. The van der Waals surface area contributed by atoms with Crippen molar-refractivity contribution in [3.05, 3.63) is 0 Å². The molecule has 0 aromatic heterocycles. The van der Waals surface area contributed by atoms with E-state index in [4.69, 9.17) is 9.16 Å².